The van der Waals surface area contributed by atoms with Crippen molar-refractivity contribution in [2.24, 2.45) is 12.8 Å². The van der Waals surface area contributed by atoms with Crippen LogP contribution in [0, 0.1) is 6.92 Å². The average Bonchev–Trinajstić information content (AvgIpc) is 2.76. The van der Waals surface area contributed by atoms with Crippen molar-refractivity contribution in [3.05, 3.63) is 47.9 Å². The van der Waals surface area contributed by atoms with Crippen LogP contribution in [-0.2, 0) is 13.5 Å². The number of hydrogen-bond acceptors (Lipinski definition) is 3. The van der Waals surface area contributed by atoms with Crippen molar-refractivity contribution in [1.82, 2.24) is 14.5 Å². The van der Waals surface area contributed by atoms with Crippen LogP contribution in [0.3, 0.4) is 0 Å². The number of aromatic nitrogens is 3. The molecule has 0 aliphatic rings. The molecule has 1 aromatic carbocycles. The summed E-state index contributed by atoms with van der Waals surface area (Å²) < 4.78 is 2.04. The Kier molecular flexibility index (Phi) is 3.24. The molecule has 0 aliphatic heterocycles. The van der Waals surface area contributed by atoms with Crippen LogP contribution in [0.25, 0.3) is 22.3 Å². The summed E-state index contributed by atoms with van der Waals surface area (Å²) in [5.41, 5.74) is 11.2. The van der Waals surface area contributed by atoms with E-state index in [1.807, 2.05) is 11.6 Å². The van der Waals surface area contributed by atoms with Crippen LogP contribution in [0.15, 0.2) is 36.8 Å². The molecule has 2 aromatic heterocycles. The third-order valence-electron chi connectivity index (χ3n) is 3.54. The van der Waals surface area contributed by atoms with E-state index in [1.54, 1.807) is 6.33 Å². The second-order valence-electron chi connectivity index (χ2n) is 5.09. The van der Waals surface area contributed by atoms with Gasteiger partial charge in [-0.05, 0) is 31.5 Å². The summed E-state index contributed by atoms with van der Waals surface area (Å²) in [5, 5.41) is 1.12. The minimum Gasteiger partial charge on any atom is -0.335 e. The van der Waals surface area contributed by atoms with E-state index in [-0.39, 0.29) is 0 Å². The molecule has 0 saturated heterocycles. The van der Waals surface area contributed by atoms with Crippen molar-refractivity contribution in [2.75, 3.05) is 6.54 Å². The number of aryl methyl sites for hydroxylation is 2. The van der Waals surface area contributed by atoms with Gasteiger partial charge in [-0.25, -0.2) is 9.97 Å². The largest absolute Gasteiger partial charge is 0.335 e. The zero-order chi connectivity index (χ0) is 14.1. The molecule has 3 rings (SSSR count). The maximum absolute atomic E-state index is 5.72. The molecule has 0 atom stereocenters. The molecule has 2 heterocycles. The van der Waals surface area contributed by atoms with Crippen LogP contribution in [0.5, 0.6) is 0 Å². The lowest BCUT2D eigenvalue weighted by Gasteiger charge is -2.06. The van der Waals surface area contributed by atoms with Gasteiger partial charge in [0.1, 0.15) is 12.0 Å². The SMILES string of the molecule is Cc1cccc(-c2ncnc3c2c(CCN)cn3C)c1. The molecule has 0 amide bonds. The number of benzene rings is 1. The molecule has 3 aromatic rings. The molecule has 0 fully saturated rings. The highest BCUT2D eigenvalue weighted by Crippen LogP contribution is 2.29. The first-order valence-corrected chi connectivity index (χ1v) is 6.76. The molecule has 0 saturated carbocycles. The van der Waals surface area contributed by atoms with Gasteiger partial charge in [-0.2, -0.15) is 0 Å². The molecule has 20 heavy (non-hydrogen) atoms. The van der Waals surface area contributed by atoms with E-state index in [0.29, 0.717) is 6.54 Å². The van der Waals surface area contributed by atoms with Gasteiger partial charge >= 0.3 is 0 Å². The lowest BCUT2D eigenvalue weighted by Crippen LogP contribution is -2.02. The maximum Gasteiger partial charge on any atom is 0.143 e. The first-order chi connectivity index (χ1) is 9.70. The molecule has 2 N–H and O–H groups in total. The van der Waals surface area contributed by atoms with Crippen LogP contribution < -0.4 is 5.73 Å². The van der Waals surface area contributed by atoms with Crippen molar-refractivity contribution >= 4 is 11.0 Å². The van der Waals surface area contributed by atoms with Crippen LogP contribution in [0.2, 0.25) is 0 Å². The Morgan fingerprint density at radius 1 is 1.25 bits per heavy atom. The lowest BCUT2D eigenvalue weighted by atomic mass is 10.0. The van der Waals surface area contributed by atoms with Gasteiger partial charge < -0.3 is 10.3 Å². The van der Waals surface area contributed by atoms with Crippen molar-refractivity contribution in [3.8, 4) is 11.3 Å². The first kappa shape index (κ1) is 12.8. The highest BCUT2D eigenvalue weighted by molar-refractivity contribution is 5.93. The molecule has 0 radical (unpaired) electrons. The third kappa shape index (κ3) is 2.08. The van der Waals surface area contributed by atoms with Gasteiger partial charge in [-0.1, -0.05) is 23.8 Å². The molecule has 0 aliphatic carbocycles. The third-order valence-corrected chi connectivity index (χ3v) is 3.54. The van der Waals surface area contributed by atoms with Gasteiger partial charge in [-0.15, -0.1) is 0 Å². The van der Waals surface area contributed by atoms with Crippen molar-refractivity contribution in [2.45, 2.75) is 13.3 Å². The number of fused-ring (bicyclic) bond motifs is 1. The van der Waals surface area contributed by atoms with Crippen molar-refractivity contribution in [1.29, 1.82) is 0 Å². The van der Waals surface area contributed by atoms with Crippen molar-refractivity contribution in [3.63, 3.8) is 0 Å². The molecule has 0 spiro atoms. The van der Waals surface area contributed by atoms with Gasteiger partial charge in [0.25, 0.3) is 0 Å². The lowest BCUT2D eigenvalue weighted by molar-refractivity contribution is 0.918. The normalized spacial score (nSPS) is 11.2. The van der Waals surface area contributed by atoms with Gasteiger partial charge in [-0.3, -0.25) is 0 Å². The molecule has 4 nitrogen and oxygen atoms in total. The summed E-state index contributed by atoms with van der Waals surface area (Å²) in [5.74, 6) is 0. The average molecular weight is 266 g/mol. The Labute approximate surface area is 118 Å². The quantitative estimate of drug-likeness (QED) is 0.792. The van der Waals surface area contributed by atoms with Crippen LogP contribution in [0.4, 0.5) is 0 Å². The van der Waals surface area contributed by atoms with E-state index in [2.05, 4.69) is 47.4 Å². The van der Waals surface area contributed by atoms with Gasteiger partial charge in [0.15, 0.2) is 0 Å². The minimum atomic E-state index is 0.626. The fourth-order valence-corrected chi connectivity index (χ4v) is 2.66. The number of nitrogens with zero attached hydrogens (tertiary/aromatic N) is 3. The summed E-state index contributed by atoms with van der Waals surface area (Å²) in [6.45, 7) is 2.72. The molecule has 0 unspecified atom stereocenters. The summed E-state index contributed by atoms with van der Waals surface area (Å²) in [4.78, 5) is 8.91. The highest BCUT2D eigenvalue weighted by Gasteiger charge is 2.14. The standard InChI is InChI=1S/C16H18N4/c1-11-4-3-5-12(8-11)15-14-13(6-7-17)9-20(2)16(14)19-10-18-15/h3-5,8-10H,6-7,17H2,1-2H3. The summed E-state index contributed by atoms with van der Waals surface area (Å²) in [6, 6.07) is 8.40. The predicted molar refractivity (Wildman–Crippen MR) is 81.4 cm³/mol. The Hall–Kier alpha value is -2.20. The van der Waals surface area contributed by atoms with E-state index in [0.717, 1.165) is 28.7 Å². The van der Waals surface area contributed by atoms with Gasteiger partial charge in [0.2, 0.25) is 0 Å². The van der Waals surface area contributed by atoms with Crippen LogP contribution in [0.1, 0.15) is 11.1 Å². The monoisotopic (exact) mass is 266 g/mol. The second kappa shape index (κ2) is 5.06. The molecular formula is C16H18N4. The molecule has 4 heteroatoms. The fraction of sp³-hybridized carbons (Fsp3) is 0.250. The highest BCUT2D eigenvalue weighted by atomic mass is 15.0. The molecular weight excluding hydrogens is 248 g/mol. The number of nitrogens with two attached hydrogens (primary N) is 1. The minimum absolute atomic E-state index is 0.626. The Morgan fingerprint density at radius 2 is 2.10 bits per heavy atom. The number of rotatable bonds is 3. The fourth-order valence-electron chi connectivity index (χ4n) is 2.66. The topological polar surface area (TPSA) is 56.7 Å². The van der Waals surface area contributed by atoms with E-state index in [4.69, 9.17) is 5.73 Å². The zero-order valence-corrected chi connectivity index (χ0v) is 11.8. The Bertz CT molecular complexity index is 758. The second-order valence-corrected chi connectivity index (χ2v) is 5.09. The molecule has 102 valence electrons. The zero-order valence-electron chi connectivity index (χ0n) is 11.8. The predicted octanol–water partition coefficient (Wildman–Crippen LogP) is 2.44. The Balaban J connectivity index is 2.30. The van der Waals surface area contributed by atoms with Crippen LogP contribution in [-0.4, -0.2) is 21.1 Å². The molecule has 0 bridgehead atoms. The smallest absolute Gasteiger partial charge is 0.143 e. The van der Waals surface area contributed by atoms with E-state index >= 15 is 0 Å². The summed E-state index contributed by atoms with van der Waals surface area (Å²) in [7, 11) is 2.01. The summed E-state index contributed by atoms with van der Waals surface area (Å²) >= 11 is 0. The number of hydrogen-bond donors (Lipinski definition) is 1. The van der Waals surface area contributed by atoms with E-state index < -0.39 is 0 Å². The van der Waals surface area contributed by atoms with E-state index in [1.165, 1.54) is 11.1 Å². The first-order valence-electron chi connectivity index (χ1n) is 6.76. The van der Waals surface area contributed by atoms with Gasteiger partial charge in [0, 0.05) is 24.2 Å². The van der Waals surface area contributed by atoms with Crippen LogP contribution >= 0.6 is 0 Å². The maximum atomic E-state index is 5.72. The van der Waals surface area contributed by atoms with E-state index in [9.17, 15) is 0 Å². The van der Waals surface area contributed by atoms with Gasteiger partial charge in [0.05, 0.1) is 5.69 Å². The van der Waals surface area contributed by atoms with Crippen molar-refractivity contribution < 1.29 is 0 Å². The Morgan fingerprint density at radius 3 is 2.85 bits per heavy atom. The summed E-state index contributed by atoms with van der Waals surface area (Å²) in [6.07, 6.45) is 4.57.